The Hall–Kier alpha value is -0.0362. The molecule has 4 aliphatic carbocycles. The second-order valence-electron chi connectivity index (χ2n) is 12.3. The van der Waals surface area contributed by atoms with Crippen molar-refractivity contribution in [3.8, 4) is 0 Å². The van der Waals surface area contributed by atoms with Crippen LogP contribution in [0.4, 0.5) is 0 Å². The Bertz CT molecular complexity index is 717. The molecule has 0 N–H and O–H groups in total. The van der Waals surface area contributed by atoms with Gasteiger partial charge in [0, 0.05) is 6.42 Å². The maximum atomic E-state index is 6.92. The van der Waals surface area contributed by atoms with Crippen LogP contribution in [0.15, 0.2) is 22.4 Å². The number of rotatable bonds is 4. The van der Waals surface area contributed by atoms with Crippen LogP contribution in [0.5, 0.6) is 0 Å². The second kappa shape index (κ2) is 7.53. The van der Waals surface area contributed by atoms with Gasteiger partial charge in [-0.1, -0.05) is 24.6 Å². The van der Waals surface area contributed by atoms with E-state index in [2.05, 4.69) is 52.3 Å². The van der Waals surface area contributed by atoms with Crippen molar-refractivity contribution < 1.29 is 8.85 Å². The Morgan fingerprint density at radius 2 is 1.69 bits per heavy atom. The first-order valence-corrected chi connectivity index (χ1v) is 19.0. The maximum Gasteiger partial charge on any atom is 0.241 e. The Labute approximate surface area is 185 Å². The first kappa shape index (κ1) is 22.2. The summed E-state index contributed by atoms with van der Waals surface area (Å²) in [5.74, 6) is 4.18. The highest BCUT2D eigenvalue weighted by Crippen LogP contribution is 2.62. The van der Waals surface area contributed by atoms with E-state index >= 15 is 0 Å². The predicted molar refractivity (Wildman–Crippen MR) is 128 cm³/mol. The van der Waals surface area contributed by atoms with Crippen LogP contribution < -0.4 is 0 Å². The van der Waals surface area contributed by atoms with Crippen molar-refractivity contribution in [3.63, 3.8) is 0 Å². The van der Waals surface area contributed by atoms with Crippen LogP contribution in [-0.4, -0.2) is 22.7 Å². The van der Waals surface area contributed by atoms with Gasteiger partial charge in [0.25, 0.3) is 0 Å². The van der Waals surface area contributed by atoms with Gasteiger partial charge in [-0.05, 0) is 112 Å². The summed E-state index contributed by atoms with van der Waals surface area (Å²) in [7, 11) is -3.11. The van der Waals surface area contributed by atoms with Crippen molar-refractivity contribution in [1.82, 2.24) is 0 Å². The van der Waals surface area contributed by atoms with Crippen molar-refractivity contribution in [2.24, 2.45) is 29.1 Å². The lowest BCUT2D eigenvalue weighted by Gasteiger charge is -2.53. The van der Waals surface area contributed by atoms with Gasteiger partial charge in [0.1, 0.15) is 0 Å². The molecule has 2 saturated carbocycles. The van der Waals surface area contributed by atoms with Crippen LogP contribution in [0.2, 0.25) is 39.3 Å². The highest BCUT2D eigenvalue weighted by Gasteiger charge is 2.57. The maximum absolute atomic E-state index is 6.92. The van der Waals surface area contributed by atoms with E-state index in [4.69, 9.17) is 20.5 Å². The smallest absolute Gasteiger partial charge is 0.241 e. The zero-order chi connectivity index (χ0) is 21.2. The molecule has 0 aromatic rings. The van der Waals surface area contributed by atoms with Crippen molar-refractivity contribution in [1.29, 1.82) is 0 Å². The topological polar surface area (TPSA) is 18.5 Å². The molecular formula is C24H41ClO2Si2. The van der Waals surface area contributed by atoms with Crippen molar-refractivity contribution in [2.45, 2.75) is 97.3 Å². The normalized spacial score (nSPS) is 40.1. The van der Waals surface area contributed by atoms with Gasteiger partial charge in [-0.25, -0.2) is 0 Å². The lowest BCUT2D eigenvalue weighted by molar-refractivity contribution is -0.0390. The van der Waals surface area contributed by atoms with Gasteiger partial charge in [0.2, 0.25) is 8.32 Å². The molecular weight excluding hydrogens is 412 g/mol. The van der Waals surface area contributed by atoms with Crippen LogP contribution >= 0.6 is 11.6 Å². The molecule has 0 heterocycles. The molecule has 6 atom stereocenters. The van der Waals surface area contributed by atoms with Crippen LogP contribution in [0.3, 0.4) is 0 Å². The third-order valence-corrected chi connectivity index (χ3v) is 10.3. The summed E-state index contributed by atoms with van der Waals surface area (Å²) in [4.78, 5) is 0. The molecule has 164 valence electrons. The molecule has 0 saturated heterocycles. The minimum Gasteiger partial charge on any atom is -0.546 e. The first-order chi connectivity index (χ1) is 13.4. The molecule has 2 nitrogen and oxygen atoms in total. The van der Waals surface area contributed by atoms with Crippen molar-refractivity contribution in [2.75, 3.05) is 0 Å². The van der Waals surface area contributed by atoms with Gasteiger partial charge < -0.3 is 8.85 Å². The lowest BCUT2D eigenvalue weighted by atomic mass is 9.53. The summed E-state index contributed by atoms with van der Waals surface area (Å²) < 4.78 is 13.1. The van der Waals surface area contributed by atoms with E-state index in [0.29, 0.717) is 17.4 Å². The summed E-state index contributed by atoms with van der Waals surface area (Å²) in [5, 5.41) is 0.960. The van der Waals surface area contributed by atoms with Gasteiger partial charge in [0.05, 0.1) is 16.9 Å². The van der Waals surface area contributed by atoms with Crippen LogP contribution in [0.1, 0.15) is 51.9 Å². The molecule has 0 aromatic heterocycles. The van der Waals surface area contributed by atoms with E-state index in [1.165, 1.54) is 44.1 Å². The molecule has 29 heavy (non-hydrogen) atoms. The summed E-state index contributed by atoms with van der Waals surface area (Å²) in [6, 6.07) is 0. The van der Waals surface area contributed by atoms with Gasteiger partial charge in [-0.15, -0.1) is 0 Å². The number of hydrogen-bond donors (Lipinski definition) is 0. The van der Waals surface area contributed by atoms with E-state index in [-0.39, 0.29) is 0 Å². The third-order valence-electron chi connectivity index (χ3n) is 8.04. The van der Waals surface area contributed by atoms with Gasteiger partial charge in [-0.2, -0.15) is 0 Å². The number of halogens is 1. The average molecular weight is 453 g/mol. The third kappa shape index (κ3) is 4.20. The number of hydrogen-bond acceptors (Lipinski definition) is 2. The molecule has 0 spiro atoms. The Balaban J connectivity index is 1.56. The quantitative estimate of drug-likeness (QED) is 0.407. The van der Waals surface area contributed by atoms with Crippen molar-refractivity contribution >= 4 is 28.2 Å². The summed E-state index contributed by atoms with van der Waals surface area (Å²) in [5.41, 5.74) is 1.80. The molecule has 4 rings (SSSR count). The van der Waals surface area contributed by atoms with Crippen LogP contribution in [0.25, 0.3) is 0 Å². The van der Waals surface area contributed by atoms with Gasteiger partial charge >= 0.3 is 0 Å². The fourth-order valence-corrected chi connectivity index (χ4v) is 9.62. The summed E-state index contributed by atoms with van der Waals surface area (Å²) in [6.07, 6.45) is 11.7. The van der Waals surface area contributed by atoms with Crippen LogP contribution in [-0.2, 0) is 8.85 Å². The zero-order valence-corrected chi connectivity index (χ0v) is 22.4. The Morgan fingerprint density at radius 3 is 2.34 bits per heavy atom. The highest BCUT2D eigenvalue weighted by molar-refractivity contribution is 6.70. The Kier molecular flexibility index (Phi) is 5.76. The minimum atomic E-state index is -1.61. The average Bonchev–Trinajstić information content (AvgIpc) is 2.91. The van der Waals surface area contributed by atoms with E-state index in [1.807, 2.05) is 0 Å². The summed E-state index contributed by atoms with van der Waals surface area (Å²) in [6.45, 7) is 16.4. The lowest BCUT2D eigenvalue weighted by Crippen LogP contribution is -2.49. The monoisotopic (exact) mass is 452 g/mol. The first-order valence-electron chi connectivity index (χ1n) is 11.8. The summed E-state index contributed by atoms with van der Waals surface area (Å²) >= 11 is 6.92. The molecule has 2 fully saturated rings. The predicted octanol–water partition coefficient (Wildman–Crippen LogP) is 7.69. The van der Waals surface area contributed by atoms with Gasteiger partial charge in [0.15, 0.2) is 8.32 Å². The van der Waals surface area contributed by atoms with E-state index in [9.17, 15) is 0 Å². The zero-order valence-electron chi connectivity index (χ0n) is 19.6. The molecule has 0 amide bonds. The highest BCUT2D eigenvalue weighted by atomic mass is 35.5. The van der Waals surface area contributed by atoms with Gasteiger partial charge in [-0.3, -0.25) is 0 Å². The van der Waals surface area contributed by atoms with E-state index < -0.39 is 16.6 Å². The SMILES string of the molecule is CC12CCC3C4CCC(O[Si](C)(C)C)=C(Cl)C4=CCC3C1CCC2O[Si](C)(C)C. The number of fused-ring (bicyclic) bond motifs is 5. The fraction of sp³-hybridized carbons (Fsp3) is 0.833. The molecule has 4 aliphatic rings. The number of allylic oxidation sites excluding steroid dienone is 4. The fourth-order valence-electron chi connectivity index (χ4n) is 7.02. The van der Waals surface area contributed by atoms with E-state index in [1.54, 1.807) is 0 Å². The van der Waals surface area contributed by atoms with E-state index in [0.717, 1.165) is 35.0 Å². The van der Waals surface area contributed by atoms with Crippen LogP contribution in [0, 0.1) is 29.1 Å². The molecule has 0 radical (unpaired) electrons. The molecule has 0 bridgehead atoms. The standard InChI is InChI=1S/C24H41ClO2Si2/c1-24-15-14-17-16-10-12-21(26-28(2,3)4)23(25)19(16)9-8-18(17)20(24)11-13-22(24)27-29(5,6)7/h9,16-18,20,22H,8,10-15H2,1-7H3. The minimum absolute atomic E-state index is 0.382. The second-order valence-corrected chi connectivity index (χ2v) is 21.5. The molecule has 5 heteroatoms. The molecule has 0 aliphatic heterocycles. The Morgan fingerprint density at radius 1 is 0.966 bits per heavy atom. The largest absolute Gasteiger partial charge is 0.546 e. The van der Waals surface area contributed by atoms with Crippen molar-refractivity contribution in [3.05, 3.63) is 22.4 Å². The molecule has 6 unspecified atom stereocenters. The molecule has 0 aromatic carbocycles.